The van der Waals surface area contributed by atoms with Gasteiger partial charge in [-0.15, -0.1) is 12.4 Å². The van der Waals surface area contributed by atoms with Crippen LogP contribution in [-0.4, -0.2) is 16.9 Å². The van der Waals surface area contributed by atoms with Crippen molar-refractivity contribution in [2.24, 2.45) is 0 Å². The first-order chi connectivity index (χ1) is 9.86. The highest BCUT2D eigenvalue weighted by atomic mass is 35.5. The molecule has 3 heteroatoms. The van der Waals surface area contributed by atoms with Gasteiger partial charge in [0.25, 0.3) is 0 Å². The summed E-state index contributed by atoms with van der Waals surface area (Å²) in [5.41, 5.74) is 6.05. The van der Waals surface area contributed by atoms with Crippen LogP contribution in [0.15, 0.2) is 48.5 Å². The highest BCUT2D eigenvalue weighted by Crippen LogP contribution is 2.22. The van der Waals surface area contributed by atoms with Gasteiger partial charge < -0.3 is 5.48 Å². The lowest BCUT2D eigenvalue weighted by molar-refractivity contribution is 0.257. The lowest BCUT2D eigenvalue weighted by atomic mass is 9.98. The van der Waals surface area contributed by atoms with Crippen molar-refractivity contribution in [3.8, 4) is 0 Å². The minimum Gasteiger partial charge on any atom is -0.412 e. The van der Waals surface area contributed by atoms with E-state index in [1.165, 1.54) is 35.2 Å². The van der Waals surface area contributed by atoms with Crippen LogP contribution in [0.3, 0.4) is 0 Å². The first-order valence-corrected chi connectivity index (χ1v) is 7.72. The van der Waals surface area contributed by atoms with Crippen LogP contribution in [-0.2, 0) is 25.9 Å². The van der Waals surface area contributed by atoms with Crippen LogP contribution in [0.4, 0.5) is 0 Å². The molecule has 0 spiro atoms. The largest absolute Gasteiger partial charge is 0.412 e. The van der Waals surface area contributed by atoms with Gasteiger partial charge in [0, 0.05) is 13.1 Å². The summed E-state index contributed by atoms with van der Waals surface area (Å²) in [6.07, 6.45) is 3.53. The number of halogens is 1. The molecule has 22 heavy (non-hydrogen) atoms. The van der Waals surface area contributed by atoms with Crippen LogP contribution in [0, 0.1) is 0 Å². The van der Waals surface area contributed by atoms with Gasteiger partial charge >= 0.3 is 0 Å². The Morgan fingerprint density at radius 3 is 1.59 bits per heavy atom. The SMILES string of the molecule is CCCN1Cc2ccccc2CCc2ccccc2C1.Cl.O. The molecule has 0 atom stereocenters. The lowest BCUT2D eigenvalue weighted by Crippen LogP contribution is -2.24. The number of benzene rings is 2. The van der Waals surface area contributed by atoms with Crippen molar-refractivity contribution in [2.75, 3.05) is 6.54 Å². The van der Waals surface area contributed by atoms with Gasteiger partial charge in [0.2, 0.25) is 0 Å². The van der Waals surface area contributed by atoms with Crippen LogP contribution in [0.5, 0.6) is 0 Å². The van der Waals surface area contributed by atoms with Gasteiger partial charge in [0.1, 0.15) is 0 Å². The van der Waals surface area contributed by atoms with Gasteiger partial charge in [0.05, 0.1) is 0 Å². The van der Waals surface area contributed by atoms with E-state index >= 15 is 0 Å². The van der Waals surface area contributed by atoms with Crippen LogP contribution in [0.25, 0.3) is 0 Å². The molecule has 2 aromatic carbocycles. The minimum atomic E-state index is 0. The quantitative estimate of drug-likeness (QED) is 0.829. The average molecular weight is 320 g/mol. The van der Waals surface area contributed by atoms with Crippen molar-refractivity contribution >= 4 is 12.4 Å². The topological polar surface area (TPSA) is 34.7 Å². The lowest BCUT2D eigenvalue weighted by Gasteiger charge is -2.23. The number of hydrogen-bond donors (Lipinski definition) is 0. The molecule has 1 aliphatic rings. The highest BCUT2D eigenvalue weighted by Gasteiger charge is 2.14. The molecule has 1 heterocycles. The van der Waals surface area contributed by atoms with E-state index < -0.39 is 0 Å². The van der Waals surface area contributed by atoms with E-state index in [4.69, 9.17) is 0 Å². The Kier molecular flexibility index (Phi) is 7.60. The molecule has 0 aliphatic carbocycles. The number of fused-ring (bicyclic) bond motifs is 2. The van der Waals surface area contributed by atoms with Gasteiger partial charge in [0.15, 0.2) is 0 Å². The zero-order valence-electron chi connectivity index (χ0n) is 13.2. The molecule has 0 saturated carbocycles. The Labute approximate surface area is 139 Å². The van der Waals surface area contributed by atoms with Crippen molar-refractivity contribution < 1.29 is 5.48 Å². The fraction of sp³-hybridized carbons (Fsp3) is 0.368. The van der Waals surface area contributed by atoms with Crippen molar-refractivity contribution in [3.63, 3.8) is 0 Å². The molecule has 0 bridgehead atoms. The Hall–Kier alpha value is -1.35. The molecule has 3 rings (SSSR count). The maximum atomic E-state index is 2.59. The fourth-order valence-electron chi connectivity index (χ4n) is 3.19. The molecule has 120 valence electrons. The molecule has 0 saturated heterocycles. The molecular weight excluding hydrogens is 294 g/mol. The summed E-state index contributed by atoms with van der Waals surface area (Å²) in [7, 11) is 0. The molecule has 2 aromatic rings. The van der Waals surface area contributed by atoms with E-state index in [1.807, 2.05) is 0 Å². The monoisotopic (exact) mass is 319 g/mol. The van der Waals surface area contributed by atoms with Crippen LogP contribution in [0.2, 0.25) is 0 Å². The molecule has 0 aromatic heterocycles. The zero-order chi connectivity index (χ0) is 13.8. The summed E-state index contributed by atoms with van der Waals surface area (Å²) in [5, 5.41) is 0. The van der Waals surface area contributed by atoms with E-state index in [9.17, 15) is 0 Å². The normalized spacial score (nSPS) is 14.2. The third-order valence-electron chi connectivity index (χ3n) is 4.23. The zero-order valence-corrected chi connectivity index (χ0v) is 14.0. The maximum Gasteiger partial charge on any atom is 0.0240 e. The second-order valence-electron chi connectivity index (χ2n) is 5.75. The van der Waals surface area contributed by atoms with E-state index in [1.54, 1.807) is 0 Å². The number of rotatable bonds is 2. The third-order valence-corrected chi connectivity index (χ3v) is 4.23. The average Bonchev–Trinajstić information content (AvgIpc) is 2.54. The second kappa shape index (κ2) is 8.94. The molecule has 0 unspecified atom stereocenters. The predicted octanol–water partition coefficient (Wildman–Crippen LogP) is 3.79. The highest BCUT2D eigenvalue weighted by molar-refractivity contribution is 5.85. The van der Waals surface area contributed by atoms with Crippen LogP contribution < -0.4 is 0 Å². The Morgan fingerprint density at radius 1 is 0.773 bits per heavy atom. The molecule has 0 fully saturated rings. The molecule has 1 aliphatic heterocycles. The second-order valence-corrected chi connectivity index (χ2v) is 5.75. The molecule has 0 amide bonds. The van der Waals surface area contributed by atoms with E-state index in [-0.39, 0.29) is 17.9 Å². The first kappa shape index (κ1) is 18.7. The van der Waals surface area contributed by atoms with Gasteiger partial charge in [-0.25, -0.2) is 0 Å². The predicted molar refractivity (Wildman–Crippen MR) is 95.6 cm³/mol. The third kappa shape index (κ3) is 4.33. The Balaban J connectivity index is 0.00000121. The summed E-state index contributed by atoms with van der Waals surface area (Å²) in [6, 6.07) is 17.9. The molecular formula is C19H26ClNO. The van der Waals surface area contributed by atoms with E-state index in [0.717, 1.165) is 25.9 Å². The number of nitrogens with zero attached hydrogens (tertiary/aromatic N) is 1. The molecule has 2 nitrogen and oxygen atoms in total. The van der Waals surface area contributed by atoms with Crippen LogP contribution in [0.1, 0.15) is 35.6 Å². The minimum absolute atomic E-state index is 0. The number of aryl methyl sites for hydroxylation is 2. The summed E-state index contributed by atoms with van der Waals surface area (Å²) < 4.78 is 0. The van der Waals surface area contributed by atoms with Crippen molar-refractivity contribution in [1.29, 1.82) is 0 Å². The fourth-order valence-corrected chi connectivity index (χ4v) is 3.19. The Bertz CT molecular complexity index is 536. The van der Waals surface area contributed by atoms with Crippen molar-refractivity contribution in [2.45, 2.75) is 39.3 Å². The molecule has 2 N–H and O–H groups in total. The molecule has 0 radical (unpaired) electrons. The van der Waals surface area contributed by atoms with E-state index in [0.29, 0.717) is 0 Å². The van der Waals surface area contributed by atoms with Gasteiger partial charge in [-0.3, -0.25) is 4.90 Å². The van der Waals surface area contributed by atoms with E-state index in [2.05, 4.69) is 60.4 Å². The smallest absolute Gasteiger partial charge is 0.0240 e. The number of hydrogen-bond acceptors (Lipinski definition) is 1. The van der Waals surface area contributed by atoms with Gasteiger partial charge in [-0.2, -0.15) is 0 Å². The van der Waals surface area contributed by atoms with Gasteiger partial charge in [-0.05, 0) is 48.1 Å². The Morgan fingerprint density at radius 2 is 1.18 bits per heavy atom. The van der Waals surface area contributed by atoms with Crippen molar-refractivity contribution in [1.82, 2.24) is 4.90 Å². The maximum absolute atomic E-state index is 2.59. The van der Waals surface area contributed by atoms with Crippen LogP contribution >= 0.6 is 12.4 Å². The summed E-state index contributed by atoms with van der Waals surface area (Å²) >= 11 is 0. The summed E-state index contributed by atoms with van der Waals surface area (Å²) in [5.74, 6) is 0. The standard InChI is InChI=1S/C19H23N.ClH.H2O/c1-2-13-20-14-18-9-5-3-7-16(18)11-12-17-8-4-6-10-19(17)15-20;;/h3-10H,2,11-15H2,1H3;1H;1H2. The first-order valence-electron chi connectivity index (χ1n) is 7.72. The van der Waals surface area contributed by atoms with Gasteiger partial charge in [-0.1, -0.05) is 55.5 Å². The summed E-state index contributed by atoms with van der Waals surface area (Å²) in [4.78, 5) is 2.59. The summed E-state index contributed by atoms with van der Waals surface area (Å²) in [6.45, 7) is 5.60. The van der Waals surface area contributed by atoms with Crippen molar-refractivity contribution in [3.05, 3.63) is 70.8 Å².